The molecule has 10 nitrogen and oxygen atoms in total. The van der Waals surface area contributed by atoms with Crippen molar-refractivity contribution in [1.29, 1.82) is 0 Å². The van der Waals surface area contributed by atoms with Crippen LogP contribution in [-0.2, 0) is 19.2 Å². The molecule has 8 N–H and O–H groups in total. The summed E-state index contributed by atoms with van der Waals surface area (Å²) < 4.78 is 0. The minimum atomic E-state index is -1.36. The third-order valence-electron chi connectivity index (χ3n) is 2.01. The van der Waals surface area contributed by atoms with Crippen molar-refractivity contribution >= 4 is 23.8 Å². The standard InChI is InChI=1S/2C5H10N2O3.K.Na/c2*6-3(5(9)10)1-2-4(7)8;;/h2*3H,1-2,6H2,(H2,7,8)(H,9,10);;/q;;2*+1/p-2/t2*3-;;/m00../s1. The second-order valence-corrected chi connectivity index (χ2v) is 3.86. The van der Waals surface area contributed by atoms with Crippen molar-refractivity contribution in [2.45, 2.75) is 37.8 Å². The van der Waals surface area contributed by atoms with Crippen molar-refractivity contribution in [3.8, 4) is 0 Å². The van der Waals surface area contributed by atoms with Gasteiger partial charge in [-0.3, -0.25) is 9.59 Å². The summed E-state index contributed by atoms with van der Waals surface area (Å²) in [5, 5.41) is 19.8. The molecule has 0 saturated carbocycles. The number of nitrogens with two attached hydrogens (primary N) is 4. The SMILES string of the molecule is NC(=O)CC[C@H](N)C(=O)[O-].NC(=O)CC[C@H](N)C(=O)[O-].[K+].[Na+]. The maximum absolute atomic E-state index is 10.1. The number of aliphatic carboxylic acids is 2. The molecule has 0 saturated heterocycles. The van der Waals surface area contributed by atoms with Gasteiger partial charge >= 0.3 is 80.9 Å². The molecule has 0 aliphatic rings. The molecule has 0 aromatic carbocycles. The summed E-state index contributed by atoms with van der Waals surface area (Å²) in [5.41, 5.74) is 19.5. The van der Waals surface area contributed by atoms with Crippen LogP contribution in [0.2, 0.25) is 0 Å². The third kappa shape index (κ3) is 22.7. The number of hydrogen-bond donors (Lipinski definition) is 4. The van der Waals surface area contributed by atoms with E-state index in [1.165, 1.54) is 0 Å². The van der Waals surface area contributed by atoms with Gasteiger partial charge in [0.2, 0.25) is 11.8 Å². The van der Waals surface area contributed by atoms with Crippen LogP contribution in [0.5, 0.6) is 0 Å². The Balaban J connectivity index is -0.000000135. The number of amides is 2. The van der Waals surface area contributed by atoms with Gasteiger partial charge < -0.3 is 42.7 Å². The smallest absolute Gasteiger partial charge is 0.548 e. The first-order valence-corrected chi connectivity index (χ1v) is 5.57. The average molecular weight is 352 g/mol. The maximum Gasteiger partial charge on any atom is 1.00 e. The Bertz CT molecular complexity index is 337. The number of hydrogen-bond acceptors (Lipinski definition) is 8. The topological polar surface area (TPSA) is 218 Å². The minimum Gasteiger partial charge on any atom is -0.548 e. The molecule has 0 fully saturated rings. The Morgan fingerprint density at radius 3 is 1.14 bits per heavy atom. The van der Waals surface area contributed by atoms with Crippen LogP contribution in [0.3, 0.4) is 0 Å². The average Bonchev–Trinajstić information content (AvgIpc) is 2.33. The molecule has 12 heteroatoms. The van der Waals surface area contributed by atoms with E-state index in [4.69, 9.17) is 22.9 Å². The van der Waals surface area contributed by atoms with Crippen LogP contribution in [0.15, 0.2) is 0 Å². The fraction of sp³-hybridized carbons (Fsp3) is 0.600. The van der Waals surface area contributed by atoms with Gasteiger partial charge in [-0.2, -0.15) is 0 Å². The van der Waals surface area contributed by atoms with Gasteiger partial charge in [0.15, 0.2) is 0 Å². The summed E-state index contributed by atoms with van der Waals surface area (Å²) in [6.07, 6.45) is 0.0413. The normalized spacial score (nSPS) is 11.4. The van der Waals surface area contributed by atoms with Gasteiger partial charge in [0.1, 0.15) is 0 Å². The zero-order valence-electron chi connectivity index (χ0n) is 12.7. The van der Waals surface area contributed by atoms with E-state index in [2.05, 4.69) is 0 Å². The number of rotatable bonds is 8. The summed E-state index contributed by atoms with van der Waals surface area (Å²) in [4.78, 5) is 40.0. The molecule has 0 aromatic heterocycles. The van der Waals surface area contributed by atoms with Gasteiger partial charge in [-0.1, -0.05) is 0 Å². The molecule has 2 atom stereocenters. The van der Waals surface area contributed by atoms with E-state index in [1.807, 2.05) is 0 Å². The fourth-order valence-electron chi connectivity index (χ4n) is 0.831. The van der Waals surface area contributed by atoms with Crippen LogP contribution >= 0.6 is 0 Å². The van der Waals surface area contributed by atoms with Gasteiger partial charge in [0, 0.05) is 24.9 Å². The molecule has 0 rings (SSSR count). The maximum atomic E-state index is 10.1. The zero-order chi connectivity index (χ0) is 16.3. The largest absolute Gasteiger partial charge is 1.00 e. The van der Waals surface area contributed by atoms with Crippen molar-refractivity contribution in [1.82, 2.24) is 0 Å². The molecular formula is C10H18KN4NaO6. The first-order chi connectivity index (χ1) is 9.07. The number of carboxylic acids is 2. The van der Waals surface area contributed by atoms with Crippen LogP contribution in [0.25, 0.3) is 0 Å². The number of primary amides is 2. The quantitative estimate of drug-likeness (QED) is 0.306. The Labute approximate surface area is 192 Å². The third-order valence-corrected chi connectivity index (χ3v) is 2.01. The van der Waals surface area contributed by atoms with E-state index in [-0.39, 0.29) is 107 Å². The molecule has 0 radical (unpaired) electrons. The van der Waals surface area contributed by atoms with E-state index in [9.17, 15) is 29.4 Å². The summed E-state index contributed by atoms with van der Waals surface area (Å²) in [6, 6.07) is -2.18. The minimum absolute atomic E-state index is 0. The predicted octanol–water partition coefficient (Wildman–Crippen LogP) is -11.3. The molecular weight excluding hydrogens is 334 g/mol. The summed E-state index contributed by atoms with van der Waals surface area (Å²) in [5.74, 6) is -3.84. The van der Waals surface area contributed by atoms with Crippen molar-refractivity contribution in [2.75, 3.05) is 0 Å². The Hall–Kier alpha value is 0.436. The van der Waals surface area contributed by atoms with Crippen LogP contribution < -0.4 is 114 Å². The first-order valence-electron chi connectivity index (χ1n) is 5.57. The molecule has 0 aliphatic carbocycles. The Morgan fingerprint density at radius 2 is 1.00 bits per heavy atom. The van der Waals surface area contributed by atoms with E-state index >= 15 is 0 Å². The zero-order valence-corrected chi connectivity index (χ0v) is 17.9. The summed E-state index contributed by atoms with van der Waals surface area (Å²) in [7, 11) is 0. The number of carboxylic acid groups (broad SMARTS) is 2. The molecule has 2 amide bonds. The van der Waals surface area contributed by atoms with Crippen molar-refractivity contribution in [3.63, 3.8) is 0 Å². The van der Waals surface area contributed by atoms with Gasteiger partial charge in [-0.05, 0) is 12.8 Å². The summed E-state index contributed by atoms with van der Waals surface area (Å²) in [6.45, 7) is 0. The van der Waals surface area contributed by atoms with Crippen molar-refractivity contribution in [2.24, 2.45) is 22.9 Å². The molecule has 116 valence electrons. The Kier molecular flexibility index (Phi) is 24.5. The van der Waals surface area contributed by atoms with Gasteiger partial charge in [-0.25, -0.2) is 0 Å². The fourth-order valence-corrected chi connectivity index (χ4v) is 0.831. The first kappa shape index (κ1) is 30.3. The van der Waals surface area contributed by atoms with Crippen molar-refractivity contribution in [3.05, 3.63) is 0 Å². The Morgan fingerprint density at radius 1 is 0.773 bits per heavy atom. The second-order valence-electron chi connectivity index (χ2n) is 3.86. The molecule has 0 heterocycles. The van der Waals surface area contributed by atoms with E-state index in [0.29, 0.717) is 0 Å². The molecule has 0 unspecified atom stereocenters. The van der Waals surface area contributed by atoms with Gasteiger partial charge in [0.25, 0.3) is 0 Å². The molecule has 0 aliphatic heterocycles. The predicted molar refractivity (Wildman–Crippen MR) is 62.8 cm³/mol. The van der Waals surface area contributed by atoms with Gasteiger partial charge in [0.05, 0.1) is 11.9 Å². The number of carbonyl (C=O) groups is 4. The van der Waals surface area contributed by atoms with E-state index in [1.54, 1.807) is 0 Å². The van der Waals surface area contributed by atoms with Crippen LogP contribution in [0.1, 0.15) is 25.7 Å². The molecule has 0 aromatic rings. The molecule has 0 spiro atoms. The van der Waals surface area contributed by atoms with Crippen molar-refractivity contribution < 1.29 is 110 Å². The monoisotopic (exact) mass is 352 g/mol. The van der Waals surface area contributed by atoms with Crippen LogP contribution in [0, 0.1) is 0 Å². The van der Waals surface area contributed by atoms with Gasteiger partial charge in [-0.15, -0.1) is 0 Å². The molecule has 0 bridgehead atoms. The van der Waals surface area contributed by atoms with Crippen LogP contribution in [-0.4, -0.2) is 35.8 Å². The second kappa shape index (κ2) is 17.8. The number of carbonyl (C=O) groups excluding carboxylic acids is 4. The summed E-state index contributed by atoms with van der Waals surface area (Å²) >= 11 is 0. The van der Waals surface area contributed by atoms with E-state index in [0.717, 1.165) is 0 Å². The molecule has 22 heavy (non-hydrogen) atoms. The van der Waals surface area contributed by atoms with Crippen LogP contribution in [0.4, 0.5) is 0 Å². The van der Waals surface area contributed by atoms with E-state index < -0.39 is 35.8 Å².